The Morgan fingerprint density at radius 2 is 1.84 bits per heavy atom. The molecule has 2 aromatic carbocycles. The van der Waals surface area contributed by atoms with Crippen LogP contribution < -0.4 is 10.1 Å². The normalized spacial score (nSPS) is 17.1. The maximum atomic E-state index is 12.7. The van der Waals surface area contributed by atoms with Crippen LogP contribution in [0.2, 0.25) is 0 Å². The second-order valence-corrected chi connectivity index (χ2v) is 8.96. The summed E-state index contributed by atoms with van der Waals surface area (Å²) >= 11 is 0. The molecule has 0 aliphatic carbocycles. The number of hydrogen-bond donors (Lipinski definition) is 1. The van der Waals surface area contributed by atoms with Gasteiger partial charge in [0, 0.05) is 37.5 Å². The van der Waals surface area contributed by atoms with Crippen LogP contribution in [-0.2, 0) is 22.6 Å². The Morgan fingerprint density at radius 3 is 2.52 bits per heavy atom. The van der Waals surface area contributed by atoms with Crippen LogP contribution in [0.4, 0.5) is 0 Å². The number of amides is 2. The summed E-state index contributed by atoms with van der Waals surface area (Å²) in [5.74, 6) is 1.45. The molecular formula is C26H34N2O3. The third-order valence-corrected chi connectivity index (χ3v) is 5.93. The Kier molecular flexibility index (Phi) is 7.72. The first kappa shape index (κ1) is 22.9. The fourth-order valence-corrected chi connectivity index (χ4v) is 4.15. The molecule has 0 saturated carbocycles. The third kappa shape index (κ3) is 6.09. The Bertz CT molecular complexity index is 892. The van der Waals surface area contributed by atoms with Gasteiger partial charge in [-0.2, -0.15) is 0 Å². The second-order valence-electron chi connectivity index (χ2n) is 8.96. The van der Waals surface area contributed by atoms with Crippen molar-refractivity contribution >= 4 is 11.8 Å². The zero-order valence-corrected chi connectivity index (χ0v) is 19.1. The molecule has 0 bridgehead atoms. The molecule has 2 atom stereocenters. The van der Waals surface area contributed by atoms with E-state index in [0.717, 1.165) is 23.3 Å². The van der Waals surface area contributed by atoms with Crippen molar-refractivity contribution in [3.05, 3.63) is 65.2 Å². The van der Waals surface area contributed by atoms with E-state index in [4.69, 9.17) is 4.74 Å². The van der Waals surface area contributed by atoms with Crippen LogP contribution in [0.3, 0.4) is 0 Å². The van der Waals surface area contributed by atoms with Crippen molar-refractivity contribution in [2.75, 3.05) is 20.2 Å². The minimum absolute atomic E-state index is 0.00670. The first-order valence-corrected chi connectivity index (χ1v) is 11.1. The van der Waals surface area contributed by atoms with Gasteiger partial charge < -0.3 is 15.0 Å². The molecule has 0 spiro atoms. The smallest absolute Gasteiger partial charge is 0.227 e. The number of carbonyl (C=O) groups is 2. The molecule has 166 valence electrons. The maximum Gasteiger partial charge on any atom is 0.227 e. The number of nitrogens with zero attached hydrogens (tertiary/aromatic N) is 1. The molecule has 2 amide bonds. The van der Waals surface area contributed by atoms with Crippen molar-refractivity contribution < 1.29 is 14.3 Å². The number of hydrogen-bond acceptors (Lipinski definition) is 3. The lowest BCUT2D eigenvalue weighted by atomic mass is 9.96. The summed E-state index contributed by atoms with van der Waals surface area (Å²) in [5, 5.41) is 3.05. The Morgan fingerprint density at radius 1 is 1.13 bits per heavy atom. The van der Waals surface area contributed by atoms with Gasteiger partial charge in [0.15, 0.2) is 0 Å². The SMILES string of the molecule is COc1ccccc1CN1CC(CNC(=O)C(C)c2ccc(CC(C)C)cc2)CC1=O. The zero-order chi connectivity index (χ0) is 22.4. The molecule has 1 fully saturated rings. The van der Waals surface area contributed by atoms with Gasteiger partial charge >= 0.3 is 0 Å². The molecule has 1 N–H and O–H groups in total. The molecule has 3 rings (SSSR count). The number of para-hydroxylation sites is 1. The fraction of sp³-hybridized carbons (Fsp3) is 0.462. The van der Waals surface area contributed by atoms with Gasteiger partial charge in [0.1, 0.15) is 5.75 Å². The highest BCUT2D eigenvalue weighted by atomic mass is 16.5. The predicted octanol–water partition coefficient (Wildman–Crippen LogP) is 4.16. The minimum atomic E-state index is -0.213. The quantitative estimate of drug-likeness (QED) is 0.660. The van der Waals surface area contributed by atoms with Crippen molar-refractivity contribution in [1.29, 1.82) is 0 Å². The molecule has 0 aromatic heterocycles. The zero-order valence-electron chi connectivity index (χ0n) is 19.1. The van der Waals surface area contributed by atoms with Gasteiger partial charge in [-0.25, -0.2) is 0 Å². The lowest BCUT2D eigenvalue weighted by Gasteiger charge is -2.19. The Balaban J connectivity index is 1.50. The van der Waals surface area contributed by atoms with Crippen molar-refractivity contribution in [2.24, 2.45) is 11.8 Å². The molecule has 0 radical (unpaired) electrons. The van der Waals surface area contributed by atoms with Crippen molar-refractivity contribution in [3.63, 3.8) is 0 Å². The summed E-state index contributed by atoms with van der Waals surface area (Å²) in [6.45, 7) is 8.04. The number of nitrogens with one attached hydrogen (secondary N) is 1. The van der Waals surface area contributed by atoms with Gasteiger partial charge in [-0.15, -0.1) is 0 Å². The molecule has 5 nitrogen and oxygen atoms in total. The van der Waals surface area contributed by atoms with Crippen LogP contribution in [0.15, 0.2) is 48.5 Å². The first-order valence-electron chi connectivity index (χ1n) is 11.1. The molecule has 2 unspecified atom stereocenters. The van der Waals surface area contributed by atoms with Crippen LogP contribution in [-0.4, -0.2) is 36.9 Å². The Hall–Kier alpha value is -2.82. The van der Waals surface area contributed by atoms with E-state index in [9.17, 15) is 9.59 Å². The average Bonchev–Trinajstić information content (AvgIpc) is 3.11. The van der Waals surface area contributed by atoms with Gasteiger partial charge in [0.25, 0.3) is 0 Å². The summed E-state index contributed by atoms with van der Waals surface area (Å²) < 4.78 is 5.40. The summed E-state index contributed by atoms with van der Waals surface area (Å²) in [4.78, 5) is 27.0. The second kappa shape index (κ2) is 10.5. The molecule has 1 saturated heterocycles. The number of ether oxygens (including phenoxy) is 1. The first-order chi connectivity index (χ1) is 14.9. The standard InChI is InChI=1S/C26H34N2O3/c1-18(2)13-20-9-11-22(12-10-20)19(3)26(30)27-15-21-14-25(29)28(16-21)17-23-7-5-6-8-24(23)31-4/h5-12,18-19,21H,13-17H2,1-4H3,(H,27,30). The van der Waals surface area contributed by atoms with Gasteiger partial charge in [0.2, 0.25) is 11.8 Å². The van der Waals surface area contributed by atoms with E-state index in [1.54, 1.807) is 7.11 Å². The molecule has 2 aromatic rings. The van der Waals surface area contributed by atoms with Crippen molar-refractivity contribution in [1.82, 2.24) is 10.2 Å². The topological polar surface area (TPSA) is 58.6 Å². The monoisotopic (exact) mass is 422 g/mol. The van der Waals surface area contributed by atoms with Crippen LogP contribution in [0.25, 0.3) is 0 Å². The van der Waals surface area contributed by atoms with Gasteiger partial charge in [0.05, 0.1) is 13.0 Å². The molecule has 1 aliphatic heterocycles. The van der Waals surface area contributed by atoms with E-state index in [1.165, 1.54) is 5.56 Å². The Labute approximate surface area is 185 Å². The van der Waals surface area contributed by atoms with E-state index >= 15 is 0 Å². The van der Waals surface area contributed by atoms with Crippen LogP contribution in [0.5, 0.6) is 5.75 Å². The average molecular weight is 423 g/mol. The number of likely N-dealkylation sites (tertiary alicyclic amines) is 1. The molecule has 1 aliphatic rings. The number of carbonyl (C=O) groups excluding carboxylic acids is 2. The molecule has 31 heavy (non-hydrogen) atoms. The largest absolute Gasteiger partial charge is 0.496 e. The molecular weight excluding hydrogens is 388 g/mol. The van der Waals surface area contributed by atoms with E-state index in [1.807, 2.05) is 36.1 Å². The van der Waals surface area contributed by atoms with Crippen molar-refractivity contribution in [2.45, 2.75) is 46.1 Å². The van der Waals surface area contributed by atoms with Gasteiger partial charge in [-0.1, -0.05) is 56.3 Å². The summed E-state index contributed by atoms with van der Waals surface area (Å²) in [6.07, 6.45) is 1.51. The highest BCUT2D eigenvalue weighted by Gasteiger charge is 2.30. The molecule has 1 heterocycles. The van der Waals surface area contributed by atoms with Gasteiger partial charge in [-0.05, 0) is 36.5 Å². The highest BCUT2D eigenvalue weighted by molar-refractivity contribution is 5.83. The third-order valence-electron chi connectivity index (χ3n) is 5.93. The molecule has 5 heteroatoms. The van der Waals surface area contributed by atoms with Crippen LogP contribution in [0, 0.1) is 11.8 Å². The van der Waals surface area contributed by atoms with Crippen LogP contribution in [0.1, 0.15) is 49.8 Å². The summed E-state index contributed by atoms with van der Waals surface area (Å²) in [7, 11) is 1.64. The maximum absolute atomic E-state index is 12.7. The van der Waals surface area contributed by atoms with Crippen molar-refractivity contribution in [3.8, 4) is 5.75 Å². The number of benzene rings is 2. The number of rotatable bonds is 9. The van der Waals surface area contributed by atoms with E-state index in [2.05, 4.69) is 43.4 Å². The lowest BCUT2D eigenvalue weighted by Crippen LogP contribution is -2.33. The fourth-order valence-electron chi connectivity index (χ4n) is 4.15. The highest BCUT2D eigenvalue weighted by Crippen LogP contribution is 2.25. The summed E-state index contributed by atoms with van der Waals surface area (Å²) in [5.41, 5.74) is 3.31. The predicted molar refractivity (Wildman–Crippen MR) is 123 cm³/mol. The van der Waals surface area contributed by atoms with Crippen LogP contribution >= 0.6 is 0 Å². The van der Waals surface area contributed by atoms with E-state index in [-0.39, 0.29) is 23.7 Å². The summed E-state index contributed by atoms with van der Waals surface area (Å²) in [6, 6.07) is 16.1. The van der Waals surface area contributed by atoms with E-state index < -0.39 is 0 Å². The lowest BCUT2D eigenvalue weighted by molar-refractivity contribution is -0.128. The van der Waals surface area contributed by atoms with Gasteiger partial charge in [-0.3, -0.25) is 9.59 Å². The number of methoxy groups -OCH3 is 1. The van der Waals surface area contributed by atoms with E-state index in [0.29, 0.717) is 32.0 Å². The minimum Gasteiger partial charge on any atom is -0.496 e.